The zero-order valence-electron chi connectivity index (χ0n) is 9.51. The molecule has 0 aliphatic heterocycles. The van der Waals surface area contributed by atoms with E-state index in [0.29, 0.717) is 12.3 Å². The van der Waals surface area contributed by atoms with Crippen LogP contribution >= 0.6 is 11.8 Å². The third-order valence-corrected chi connectivity index (χ3v) is 2.74. The number of amides is 1. The first-order valence-corrected chi connectivity index (χ1v) is 6.37. The van der Waals surface area contributed by atoms with Gasteiger partial charge in [-0.1, -0.05) is 19.8 Å². The molecule has 0 heterocycles. The van der Waals surface area contributed by atoms with E-state index in [-0.39, 0.29) is 11.8 Å². The average molecular weight is 228 g/mol. The van der Waals surface area contributed by atoms with Crippen molar-refractivity contribution in [2.24, 2.45) is 5.92 Å². The zero-order valence-corrected chi connectivity index (χ0v) is 10.3. The first-order valence-electron chi connectivity index (χ1n) is 5.22. The van der Waals surface area contributed by atoms with Gasteiger partial charge in [0.05, 0.1) is 5.75 Å². The molecule has 0 saturated heterocycles. The number of carbonyl (C=O) groups is 1. The van der Waals surface area contributed by atoms with Crippen LogP contribution < -0.4 is 10.6 Å². The zero-order chi connectivity index (χ0) is 11.5. The summed E-state index contributed by atoms with van der Waals surface area (Å²) in [5.74, 6) is 4.28. The quantitative estimate of drug-likeness (QED) is 0.475. The Labute approximate surface area is 96.8 Å². The van der Waals surface area contributed by atoms with Crippen LogP contribution in [0.3, 0.4) is 0 Å². The Kier molecular flexibility index (Phi) is 9.44. The lowest BCUT2D eigenvalue weighted by atomic mass is 10.1. The van der Waals surface area contributed by atoms with Gasteiger partial charge in [-0.05, 0) is 6.54 Å². The van der Waals surface area contributed by atoms with Crippen molar-refractivity contribution in [3.05, 3.63) is 0 Å². The van der Waals surface area contributed by atoms with Gasteiger partial charge in [-0.3, -0.25) is 4.79 Å². The largest absolute Gasteiger partial charge is 0.355 e. The molecule has 0 fully saturated rings. The summed E-state index contributed by atoms with van der Waals surface area (Å²) in [5, 5.41) is 6.03. The number of rotatable bonds is 8. The van der Waals surface area contributed by atoms with Gasteiger partial charge in [-0.25, -0.2) is 0 Å². The van der Waals surface area contributed by atoms with Crippen molar-refractivity contribution in [3.8, 4) is 12.3 Å². The maximum absolute atomic E-state index is 11.5. The molecule has 0 aliphatic rings. The van der Waals surface area contributed by atoms with Gasteiger partial charge in [-0.2, -0.15) is 0 Å². The highest BCUT2D eigenvalue weighted by molar-refractivity contribution is 7.99. The fourth-order valence-corrected chi connectivity index (χ4v) is 1.51. The highest BCUT2D eigenvalue weighted by atomic mass is 32.2. The second-order valence-electron chi connectivity index (χ2n) is 3.26. The summed E-state index contributed by atoms with van der Waals surface area (Å²) in [4.78, 5) is 11.5. The Morgan fingerprint density at radius 1 is 1.60 bits per heavy atom. The maximum Gasteiger partial charge on any atom is 0.224 e. The van der Waals surface area contributed by atoms with Gasteiger partial charge in [0.2, 0.25) is 5.91 Å². The van der Waals surface area contributed by atoms with Gasteiger partial charge in [0.1, 0.15) is 0 Å². The normalized spacial score (nSPS) is 11.8. The monoisotopic (exact) mass is 228 g/mol. The highest BCUT2D eigenvalue weighted by Gasteiger charge is 2.10. The SMILES string of the molecule is C#CCSCCNC(=O)C(C)CNCC. The summed E-state index contributed by atoms with van der Waals surface area (Å²) >= 11 is 1.66. The van der Waals surface area contributed by atoms with Gasteiger partial charge in [-0.15, -0.1) is 18.2 Å². The van der Waals surface area contributed by atoms with Gasteiger partial charge in [0.15, 0.2) is 0 Å². The van der Waals surface area contributed by atoms with Crippen molar-refractivity contribution >= 4 is 17.7 Å². The van der Waals surface area contributed by atoms with E-state index in [4.69, 9.17) is 6.42 Å². The van der Waals surface area contributed by atoms with E-state index in [9.17, 15) is 4.79 Å². The highest BCUT2D eigenvalue weighted by Crippen LogP contribution is 1.97. The molecule has 1 atom stereocenters. The second-order valence-corrected chi connectivity index (χ2v) is 4.36. The third-order valence-electron chi connectivity index (χ3n) is 1.88. The fraction of sp³-hybridized carbons (Fsp3) is 0.727. The molecular weight excluding hydrogens is 208 g/mol. The molecule has 86 valence electrons. The van der Waals surface area contributed by atoms with E-state index in [0.717, 1.165) is 18.8 Å². The molecule has 0 spiro atoms. The Morgan fingerprint density at radius 3 is 2.93 bits per heavy atom. The summed E-state index contributed by atoms with van der Waals surface area (Å²) in [7, 11) is 0. The molecule has 1 unspecified atom stereocenters. The summed E-state index contributed by atoms with van der Waals surface area (Å²) in [6, 6.07) is 0. The van der Waals surface area contributed by atoms with Crippen molar-refractivity contribution in [2.75, 3.05) is 31.1 Å². The van der Waals surface area contributed by atoms with Crippen molar-refractivity contribution < 1.29 is 4.79 Å². The van der Waals surface area contributed by atoms with E-state index in [1.54, 1.807) is 11.8 Å². The maximum atomic E-state index is 11.5. The van der Waals surface area contributed by atoms with Crippen LogP contribution in [-0.4, -0.2) is 37.0 Å². The van der Waals surface area contributed by atoms with Gasteiger partial charge in [0, 0.05) is 24.8 Å². The minimum atomic E-state index is 0.0302. The molecule has 0 bridgehead atoms. The van der Waals surface area contributed by atoms with Crippen molar-refractivity contribution in [1.82, 2.24) is 10.6 Å². The summed E-state index contributed by atoms with van der Waals surface area (Å²) in [5.41, 5.74) is 0. The topological polar surface area (TPSA) is 41.1 Å². The van der Waals surface area contributed by atoms with Crippen LogP contribution in [-0.2, 0) is 4.79 Å². The van der Waals surface area contributed by atoms with E-state index in [1.165, 1.54) is 0 Å². The molecular formula is C11H20N2OS. The lowest BCUT2D eigenvalue weighted by Gasteiger charge is -2.11. The lowest BCUT2D eigenvalue weighted by Crippen LogP contribution is -2.36. The molecule has 0 radical (unpaired) electrons. The first kappa shape index (κ1) is 14.3. The van der Waals surface area contributed by atoms with E-state index >= 15 is 0 Å². The second kappa shape index (κ2) is 9.88. The Balaban J connectivity index is 3.43. The van der Waals surface area contributed by atoms with E-state index < -0.39 is 0 Å². The van der Waals surface area contributed by atoms with Crippen molar-refractivity contribution in [2.45, 2.75) is 13.8 Å². The fourth-order valence-electron chi connectivity index (χ4n) is 1.01. The Bertz CT molecular complexity index is 213. The molecule has 4 heteroatoms. The molecule has 0 aromatic carbocycles. The molecule has 0 saturated carbocycles. The Morgan fingerprint density at radius 2 is 2.33 bits per heavy atom. The van der Waals surface area contributed by atoms with Gasteiger partial charge >= 0.3 is 0 Å². The molecule has 1 amide bonds. The average Bonchev–Trinajstić information content (AvgIpc) is 2.25. The van der Waals surface area contributed by atoms with Gasteiger partial charge < -0.3 is 10.6 Å². The number of nitrogens with one attached hydrogen (secondary N) is 2. The predicted octanol–water partition coefficient (Wildman–Crippen LogP) is 0.715. The third kappa shape index (κ3) is 8.34. The van der Waals surface area contributed by atoms with Crippen LogP contribution in [0.5, 0.6) is 0 Å². The van der Waals surface area contributed by atoms with Crippen LogP contribution in [0.25, 0.3) is 0 Å². The number of hydrogen-bond acceptors (Lipinski definition) is 3. The molecule has 2 N–H and O–H groups in total. The van der Waals surface area contributed by atoms with Crippen LogP contribution in [0, 0.1) is 18.3 Å². The molecule has 0 aromatic heterocycles. The summed E-state index contributed by atoms with van der Waals surface area (Å²) in [6.07, 6.45) is 5.11. The van der Waals surface area contributed by atoms with Crippen LogP contribution in [0.1, 0.15) is 13.8 Å². The molecule has 3 nitrogen and oxygen atoms in total. The van der Waals surface area contributed by atoms with Crippen LogP contribution in [0.2, 0.25) is 0 Å². The van der Waals surface area contributed by atoms with Crippen molar-refractivity contribution in [3.63, 3.8) is 0 Å². The number of carbonyl (C=O) groups excluding carboxylic acids is 1. The van der Waals surface area contributed by atoms with Gasteiger partial charge in [0.25, 0.3) is 0 Å². The summed E-state index contributed by atoms with van der Waals surface area (Å²) in [6.45, 7) is 6.28. The molecule has 15 heavy (non-hydrogen) atoms. The number of terminal acetylenes is 1. The number of thioether (sulfide) groups is 1. The molecule has 0 rings (SSSR count). The lowest BCUT2D eigenvalue weighted by molar-refractivity contribution is -0.124. The summed E-state index contributed by atoms with van der Waals surface area (Å²) < 4.78 is 0. The smallest absolute Gasteiger partial charge is 0.224 e. The number of hydrogen-bond donors (Lipinski definition) is 2. The first-order chi connectivity index (χ1) is 7.22. The van der Waals surface area contributed by atoms with Crippen LogP contribution in [0.15, 0.2) is 0 Å². The molecule has 0 aliphatic carbocycles. The standard InChI is InChI=1S/C11H20N2OS/c1-4-7-15-8-6-13-11(14)10(3)9-12-5-2/h1,10,12H,5-9H2,2-3H3,(H,13,14). The predicted molar refractivity (Wildman–Crippen MR) is 66.9 cm³/mol. The van der Waals surface area contributed by atoms with E-state index in [2.05, 4.69) is 16.6 Å². The van der Waals surface area contributed by atoms with Crippen molar-refractivity contribution in [1.29, 1.82) is 0 Å². The molecule has 0 aromatic rings. The van der Waals surface area contributed by atoms with Crippen LogP contribution in [0.4, 0.5) is 0 Å². The minimum Gasteiger partial charge on any atom is -0.355 e. The van der Waals surface area contributed by atoms with E-state index in [1.807, 2.05) is 13.8 Å². The Hall–Kier alpha value is -0.660. The minimum absolute atomic E-state index is 0.0302.